The highest BCUT2D eigenvalue weighted by Crippen LogP contribution is 2.14. The summed E-state index contributed by atoms with van der Waals surface area (Å²) in [5, 5.41) is 4.64. The van der Waals surface area contributed by atoms with Crippen LogP contribution in [0.15, 0.2) is 24.8 Å². The van der Waals surface area contributed by atoms with Gasteiger partial charge in [-0.2, -0.15) is 20.1 Å². The fourth-order valence-corrected chi connectivity index (χ4v) is 2.14. The van der Waals surface area contributed by atoms with Crippen molar-refractivity contribution in [3.05, 3.63) is 41.5 Å². The molecule has 0 aliphatic carbocycles. The summed E-state index contributed by atoms with van der Waals surface area (Å²) in [7, 11) is 0. The standard InChI is InChI=1S/C13H14ClN7/c1-3-9-7-10(4-2)21(19-9)13-17-11(14)16-12(18-13)20-6-5-15-8-20/h5-8H,3-4H2,1-2H3. The quantitative estimate of drug-likeness (QED) is 0.737. The number of hydrogen-bond acceptors (Lipinski definition) is 5. The number of aromatic nitrogens is 7. The molecular weight excluding hydrogens is 290 g/mol. The highest BCUT2D eigenvalue weighted by Gasteiger charge is 2.13. The maximum absolute atomic E-state index is 6.02. The molecule has 0 saturated carbocycles. The van der Waals surface area contributed by atoms with Gasteiger partial charge in [0.05, 0.1) is 5.69 Å². The highest BCUT2D eigenvalue weighted by molar-refractivity contribution is 6.28. The van der Waals surface area contributed by atoms with Crippen molar-refractivity contribution < 1.29 is 0 Å². The maximum atomic E-state index is 6.02. The van der Waals surface area contributed by atoms with E-state index >= 15 is 0 Å². The highest BCUT2D eigenvalue weighted by atomic mass is 35.5. The van der Waals surface area contributed by atoms with Crippen LogP contribution in [0.4, 0.5) is 0 Å². The first-order valence-corrected chi connectivity index (χ1v) is 7.07. The second-order valence-electron chi connectivity index (χ2n) is 4.42. The van der Waals surface area contributed by atoms with Gasteiger partial charge in [0.15, 0.2) is 0 Å². The molecule has 0 saturated heterocycles. The molecule has 3 heterocycles. The van der Waals surface area contributed by atoms with Crippen molar-refractivity contribution in [2.75, 3.05) is 0 Å². The molecule has 3 aromatic rings. The molecule has 0 radical (unpaired) electrons. The Morgan fingerprint density at radius 3 is 2.57 bits per heavy atom. The lowest BCUT2D eigenvalue weighted by atomic mass is 10.3. The van der Waals surface area contributed by atoms with E-state index in [0.29, 0.717) is 11.9 Å². The van der Waals surface area contributed by atoms with Crippen LogP contribution in [0.1, 0.15) is 25.2 Å². The van der Waals surface area contributed by atoms with Gasteiger partial charge >= 0.3 is 0 Å². The summed E-state index contributed by atoms with van der Waals surface area (Å²) in [6.07, 6.45) is 6.69. The Morgan fingerprint density at radius 1 is 1.10 bits per heavy atom. The predicted molar refractivity (Wildman–Crippen MR) is 77.8 cm³/mol. The maximum Gasteiger partial charge on any atom is 0.256 e. The lowest BCUT2D eigenvalue weighted by Gasteiger charge is -2.06. The molecule has 108 valence electrons. The van der Waals surface area contributed by atoms with Crippen molar-refractivity contribution >= 4 is 11.6 Å². The number of halogens is 1. The minimum absolute atomic E-state index is 0.124. The first-order valence-electron chi connectivity index (χ1n) is 6.69. The van der Waals surface area contributed by atoms with Crippen LogP contribution in [0.25, 0.3) is 11.9 Å². The summed E-state index contributed by atoms with van der Waals surface area (Å²) in [5.41, 5.74) is 2.03. The van der Waals surface area contributed by atoms with E-state index in [-0.39, 0.29) is 5.28 Å². The first kappa shape index (κ1) is 13.7. The van der Waals surface area contributed by atoms with Crippen molar-refractivity contribution in [2.45, 2.75) is 26.7 Å². The molecule has 0 amide bonds. The molecule has 0 aromatic carbocycles. The van der Waals surface area contributed by atoms with Crippen LogP contribution in [-0.4, -0.2) is 34.3 Å². The zero-order valence-corrected chi connectivity index (χ0v) is 12.5. The average Bonchev–Trinajstić information content (AvgIpc) is 3.15. The van der Waals surface area contributed by atoms with E-state index in [0.717, 1.165) is 24.2 Å². The number of rotatable bonds is 4. The van der Waals surface area contributed by atoms with Gasteiger partial charge in [-0.05, 0) is 30.5 Å². The summed E-state index contributed by atoms with van der Waals surface area (Å²) in [6, 6.07) is 2.05. The number of hydrogen-bond donors (Lipinski definition) is 0. The van der Waals surface area contributed by atoms with Gasteiger partial charge < -0.3 is 0 Å². The van der Waals surface area contributed by atoms with Crippen LogP contribution in [-0.2, 0) is 12.8 Å². The second-order valence-corrected chi connectivity index (χ2v) is 4.76. The van der Waals surface area contributed by atoms with E-state index in [2.05, 4.69) is 44.9 Å². The van der Waals surface area contributed by atoms with E-state index in [4.69, 9.17) is 11.6 Å². The van der Waals surface area contributed by atoms with Gasteiger partial charge in [-0.1, -0.05) is 13.8 Å². The summed E-state index contributed by atoms with van der Waals surface area (Å²) in [4.78, 5) is 16.7. The molecule has 0 unspecified atom stereocenters. The van der Waals surface area contributed by atoms with Crippen LogP contribution in [0.2, 0.25) is 5.28 Å². The van der Waals surface area contributed by atoms with Crippen LogP contribution in [0.5, 0.6) is 0 Å². The van der Waals surface area contributed by atoms with Crippen molar-refractivity contribution in [2.24, 2.45) is 0 Å². The van der Waals surface area contributed by atoms with E-state index in [1.807, 2.05) is 0 Å². The van der Waals surface area contributed by atoms with Crippen LogP contribution >= 0.6 is 11.6 Å². The molecule has 8 heteroatoms. The third-order valence-electron chi connectivity index (χ3n) is 3.07. The molecule has 0 aliphatic rings. The molecule has 7 nitrogen and oxygen atoms in total. The van der Waals surface area contributed by atoms with Gasteiger partial charge in [-0.25, -0.2) is 9.67 Å². The predicted octanol–water partition coefficient (Wildman–Crippen LogP) is 2.02. The van der Waals surface area contributed by atoms with E-state index < -0.39 is 0 Å². The van der Waals surface area contributed by atoms with Crippen molar-refractivity contribution in [1.82, 2.24) is 34.3 Å². The molecule has 0 N–H and O–H groups in total. The van der Waals surface area contributed by atoms with Crippen molar-refractivity contribution in [1.29, 1.82) is 0 Å². The van der Waals surface area contributed by atoms with E-state index in [1.165, 1.54) is 0 Å². The Bertz CT molecular complexity index is 748. The van der Waals surface area contributed by atoms with Crippen molar-refractivity contribution in [3.8, 4) is 11.9 Å². The summed E-state index contributed by atoms with van der Waals surface area (Å²) >= 11 is 6.02. The van der Waals surface area contributed by atoms with Gasteiger partial charge in [0.25, 0.3) is 5.95 Å². The molecule has 3 rings (SSSR count). The molecule has 0 spiro atoms. The fraction of sp³-hybridized carbons (Fsp3) is 0.308. The molecule has 0 bridgehead atoms. The van der Waals surface area contributed by atoms with Crippen LogP contribution < -0.4 is 0 Å². The van der Waals surface area contributed by atoms with Crippen LogP contribution in [0.3, 0.4) is 0 Å². The van der Waals surface area contributed by atoms with Crippen LogP contribution in [0, 0.1) is 0 Å². The monoisotopic (exact) mass is 303 g/mol. The third kappa shape index (κ3) is 2.64. The Hall–Kier alpha value is -2.28. The Balaban J connectivity index is 2.12. The topological polar surface area (TPSA) is 74.3 Å². The molecular formula is C13H14ClN7. The van der Waals surface area contributed by atoms with E-state index in [9.17, 15) is 0 Å². The number of nitrogens with zero attached hydrogens (tertiary/aromatic N) is 7. The Labute approximate surface area is 126 Å². The normalized spacial score (nSPS) is 11.0. The average molecular weight is 304 g/mol. The fourth-order valence-electron chi connectivity index (χ4n) is 1.99. The zero-order valence-electron chi connectivity index (χ0n) is 11.7. The summed E-state index contributed by atoms with van der Waals surface area (Å²) in [5.74, 6) is 0.827. The van der Waals surface area contributed by atoms with Gasteiger partial charge in [0.1, 0.15) is 6.33 Å². The van der Waals surface area contributed by atoms with Gasteiger partial charge in [0, 0.05) is 18.1 Å². The van der Waals surface area contributed by atoms with Gasteiger partial charge in [0.2, 0.25) is 11.2 Å². The Morgan fingerprint density at radius 2 is 1.90 bits per heavy atom. The second kappa shape index (κ2) is 5.61. The number of aryl methyl sites for hydroxylation is 2. The smallest absolute Gasteiger partial charge is 0.256 e. The third-order valence-corrected chi connectivity index (χ3v) is 3.24. The summed E-state index contributed by atoms with van der Waals surface area (Å²) < 4.78 is 3.39. The molecule has 0 fully saturated rings. The molecule has 3 aromatic heterocycles. The lowest BCUT2D eigenvalue weighted by Crippen LogP contribution is -2.11. The minimum Gasteiger partial charge on any atom is -0.274 e. The minimum atomic E-state index is 0.124. The van der Waals surface area contributed by atoms with Crippen molar-refractivity contribution in [3.63, 3.8) is 0 Å². The SMILES string of the molecule is CCc1cc(CC)n(-c2nc(Cl)nc(-n3ccnc3)n2)n1. The first-order chi connectivity index (χ1) is 10.2. The largest absolute Gasteiger partial charge is 0.274 e. The Kier molecular flexibility index (Phi) is 3.66. The van der Waals surface area contributed by atoms with E-state index in [1.54, 1.807) is 28.0 Å². The molecule has 21 heavy (non-hydrogen) atoms. The van der Waals surface area contributed by atoms with Gasteiger partial charge in [-0.15, -0.1) is 0 Å². The number of imidazole rings is 1. The molecule has 0 aliphatic heterocycles. The lowest BCUT2D eigenvalue weighted by molar-refractivity contribution is 0.728. The van der Waals surface area contributed by atoms with Gasteiger partial charge in [-0.3, -0.25) is 4.57 Å². The summed E-state index contributed by atoms with van der Waals surface area (Å²) in [6.45, 7) is 4.12. The zero-order chi connectivity index (χ0) is 14.8. The molecule has 0 atom stereocenters.